The molecular formula is C15H18N2O4S. The molecule has 0 aliphatic carbocycles. The Morgan fingerprint density at radius 1 is 1.41 bits per heavy atom. The Bertz CT molecular complexity index is 662. The molecule has 0 unspecified atom stereocenters. The minimum absolute atomic E-state index is 0.190. The van der Waals surface area contributed by atoms with Gasteiger partial charge in [-0.15, -0.1) is 11.3 Å². The third kappa shape index (κ3) is 3.24. The van der Waals surface area contributed by atoms with Gasteiger partial charge < -0.3 is 19.3 Å². The number of hydrogen-bond donors (Lipinski definition) is 1. The Morgan fingerprint density at radius 2 is 2.23 bits per heavy atom. The molecule has 0 saturated heterocycles. The standard InChI is InChI=1S/C15H18N2O4S/c1-9(2)5-11-6-10(17-21-11)7-16-15(18)14-13-12(8-22-14)19-3-4-20-13/h6,8-9H,3-5,7H2,1-2H3,(H,16,18). The Balaban J connectivity index is 1.60. The molecule has 3 rings (SSSR count). The highest BCUT2D eigenvalue weighted by molar-refractivity contribution is 7.12. The summed E-state index contributed by atoms with van der Waals surface area (Å²) in [4.78, 5) is 12.8. The van der Waals surface area contributed by atoms with Gasteiger partial charge in [0, 0.05) is 17.9 Å². The number of rotatable bonds is 5. The van der Waals surface area contributed by atoms with Crippen LogP contribution in [0.25, 0.3) is 0 Å². The molecule has 1 aliphatic rings. The van der Waals surface area contributed by atoms with E-state index in [1.54, 1.807) is 5.38 Å². The number of fused-ring (bicyclic) bond motifs is 1. The van der Waals surface area contributed by atoms with Gasteiger partial charge in [-0.25, -0.2) is 0 Å². The second kappa shape index (κ2) is 6.39. The van der Waals surface area contributed by atoms with E-state index in [-0.39, 0.29) is 5.91 Å². The molecule has 1 N–H and O–H groups in total. The van der Waals surface area contributed by atoms with Crippen LogP contribution in [-0.2, 0) is 13.0 Å². The summed E-state index contributed by atoms with van der Waals surface area (Å²) in [7, 11) is 0. The molecule has 6 nitrogen and oxygen atoms in total. The topological polar surface area (TPSA) is 73.6 Å². The lowest BCUT2D eigenvalue weighted by atomic mass is 10.1. The molecule has 22 heavy (non-hydrogen) atoms. The molecule has 0 atom stereocenters. The molecular weight excluding hydrogens is 304 g/mol. The monoisotopic (exact) mass is 322 g/mol. The molecule has 0 aromatic carbocycles. The Hall–Kier alpha value is -2.02. The van der Waals surface area contributed by atoms with Crippen LogP contribution < -0.4 is 14.8 Å². The average molecular weight is 322 g/mol. The highest BCUT2D eigenvalue weighted by Crippen LogP contribution is 2.39. The van der Waals surface area contributed by atoms with E-state index in [0.717, 1.165) is 12.2 Å². The molecule has 0 bridgehead atoms. The first-order valence-electron chi connectivity index (χ1n) is 7.23. The van der Waals surface area contributed by atoms with Crippen LogP contribution in [0.3, 0.4) is 0 Å². The fraction of sp³-hybridized carbons (Fsp3) is 0.467. The molecule has 1 amide bonds. The molecule has 3 heterocycles. The largest absolute Gasteiger partial charge is 0.485 e. The van der Waals surface area contributed by atoms with E-state index in [1.807, 2.05) is 6.07 Å². The van der Waals surface area contributed by atoms with Gasteiger partial charge in [0.15, 0.2) is 11.5 Å². The first-order chi connectivity index (χ1) is 10.6. The van der Waals surface area contributed by atoms with Crippen molar-refractivity contribution in [2.45, 2.75) is 26.8 Å². The Kier molecular flexibility index (Phi) is 4.33. The molecule has 0 spiro atoms. The van der Waals surface area contributed by atoms with Crippen LogP contribution in [0.15, 0.2) is 16.0 Å². The van der Waals surface area contributed by atoms with E-state index in [1.165, 1.54) is 11.3 Å². The summed E-state index contributed by atoms with van der Waals surface area (Å²) in [6.45, 7) is 5.54. The van der Waals surface area contributed by atoms with Gasteiger partial charge in [0.2, 0.25) is 0 Å². The smallest absolute Gasteiger partial charge is 0.265 e. The number of hydrogen-bond acceptors (Lipinski definition) is 6. The molecule has 2 aromatic rings. The third-order valence-electron chi connectivity index (χ3n) is 3.15. The lowest BCUT2D eigenvalue weighted by Gasteiger charge is -2.15. The maximum atomic E-state index is 12.2. The van der Waals surface area contributed by atoms with Crippen molar-refractivity contribution in [3.63, 3.8) is 0 Å². The first-order valence-corrected chi connectivity index (χ1v) is 8.11. The van der Waals surface area contributed by atoms with Gasteiger partial charge in [0.25, 0.3) is 5.91 Å². The summed E-state index contributed by atoms with van der Waals surface area (Å²) in [5, 5.41) is 8.59. The van der Waals surface area contributed by atoms with Crippen LogP contribution in [0.1, 0.15) is 35.0 Å². The zero-order valence-electron chi connectivity index (χ0n) is 12.5. The van der Waals surface area contributed by atoms with Crippen molar-refractivity contribution >= 4 is 17.2 Å². The van der Waals surface area contributed by atoms with Crippen LogP contribution in [0.5, 0.6) is 11.5 Å². The van der Waals surface area contributed by atoms with E-state index in [4.69, 9.17) is 14.0 Å². The second-order valence-corrected chi connectivity index (χ2v) is 6.40. The fourth-order valence-corrected chi connectivity index (χ4v) is 3.05. The zero-order valence-corrected chi connectivity index (χ0v) is 13.4. The summed E-state index contributed by atoms with van der Waals surface area (Å²) in [5.41, 5.74) is 0.714. The highest BCUT2D eigenvalue weighted by atomic mass is 32.1. The van der Waals surface area contributed by atoms with Crippen LogP contribution >= 0.6 is 11.3 Å². The summed E-state index contributed by atoms with van der Waals surface area (Å²) < 4.78 is 16.2. The predicted molar refractivity (Wildman–Crippen MR) is 81.5 cm³/mol. The van der Waals surface area contributed by atoms with Gasteiger partial charge in [-0.2, -0.15) is 0 Å². The number of carbonyl (C=O) groups excluding carboxylic acids is 1. The number of amides is 1. The van der Waals surface area contributed by atoms with Crippen molar-refractivity contribution in [1.82, 2.24) is 10.5 Å². The summed E-state index contributed by atoms with van der Waals surface area (Å²) in [6, 6.07) is 1.88. The van der Waals surface area contributed by atoms with Crippen molar-refractivity contribution in [1.29, 1.82) is 0 Å². The van der Waals surface area contributed by atoms with E-state index < -0.39 is 0 Å². The van der Waals surface area contributed by atoms with E-state index >= 15 is 0 Å². The van der Waals surface area contributed by atoms with Gasteiger partial charge in [-0.05, 0) is 5.92 Å². The summed E-state index contributed by atoms with van der Waals surface area (Å²) in [6.07, 6.45) is 0.838. The van der Waals surface area contributed by atoms with Crippen molar-refractivity contribution in [2.24, 2.45) is 5.92 Å². The van der Waals surface area contributed by atoms with Gasteiger partial charge >= 0.3 is 0 Å². The minimum atomic E-state index is -0.190. The molecule has 2 aromatic heterocycles. The minimum Gasteiger partial charge on any atom is -0.485 e. The predicted octanol–water partition coefficient (Wildman–Crippen LogP) is 2.64. The summed E-state index contributed by atoms with van der Waals surface area (Å²) >= 11 is 1.32. The van der Waals surface area contributed by atoms with E-state index in [0.29, 0.717) is 47.7 Å². The molecule has 0 fully saturated rings. The SMILES string of the molecule is CC(C)Cc1cc(CNC(=O)c2scc3c2OCCO3)no1. The lowest BCUT2D eigenvalue weighted by molar-refractivity contribution is 0.0945. The molecule has 7 heteroatoms. The fourth-order valence-electron chi connectivity index (χ4n) is 2.21. The van der Waals surface area contributed by atoms with Crippen molar-refractivity contribution in [3.8, 4) is 11.5 Å². The van der Waals surface area contributed by atoms with Gasteiger partial charge in [-0.3, -0.25) is 4.79 Å². The number of aromatic nitrogens is 1. The van der Waals surface area contributed by atoms with E-state index in [2.05, 4.69) is 24.3 Å². The number of ether oxygens (including phenoxy) is 2. The van der Waals surface area contributed by atoms with Crippen LogP contribution in [0.2, 0.25) is 0 Å². The first kappa shape index (κ1) is 14.9. The van der Waals surface area contributed by atoms with E-state index in [9.17, 15) is 4.79 Å². The van der Waals surface area contributed by atoms with Crippen molar-refractivity contribution < 1.29 is 18.8 Å². The normalized spacial score (nSPS) is 13.4. The second-order valence-electron chi connectivity index (χ2n) is 5.52. The Morgan fingerprint density at radius 3 is 3.05 bits per heavy atom. The van der Waals surface area contributed by atoms with Gasteiger partial charge in [-0.1, -0.05) is 19.0 Å². The maximum absolute atomic E-state index is 12.2. The van der Waals surface area contributed by atoms with Crippen LogP contribution in [0.4, 0.5) is 0 Å². The van der Waals surface area contributed by atoms with Crippen molar-refractivity contribution in [3.05, 3.63) is 27.8 Å². The van der Waals surface area contributed by atoms with Crippen LogP contribution in [0, 0.1) is 5.92 Å². The lowest BCUT2D eigenvalue weighted by Crippen LogP contribution is -2.23. The molecule has 118 valence electrons. The number of thiophene rings is 1. The molecule has 0 radical (unpaired) electrons. The van der Waals surface area contributed by atoms with Gasteiger partial charge in [0.1, 0.15) is 29.5 Å². The third-order valence-corrected chi connectivity index (χ3v) is 4.09. The quantitative estimate of drug-likeness (QED) is 0.916. The van der Waals surface area contributed by atoms with Crippen LogP contribution in [-0.4, -0.2) is 24.3 Å². The molecule has 0 saturated carbocycles. The highest BCUT2D eigenvalue weighted by Gasteiger charge is 2.23. The Labute approximate surface area is 132 Å². The number of carbonyl (C=O) groups is 1. The van der Waals surface area contributed by atoms with Crippen molar-refractivity contribution in [2.75, 3.05) is 13.2 Å². The summed E-state index contributed by atoms with van der Waals surface area (Å²) in [5.74, 6) is 2.33. The maximum Gasteiger partial charge on any atom is 0.265 e. The number of nitrogens with zero attached hydrogens (tertiary/aromatic N) is 1. The average Bonchev–Trinajstić information content (AvgIpc) is 3.10. The van der Waals surface area contributed by atoms with Gasteiger partial charge in [0.05, 0.1) is 6.54 Å². The number of nitrogens with one attached hydrogen (secondary N) is 1. The zero-order chi connectivity index (χ0) is 15.5. The molecule has 1 aliphatic heterocycles.